The number of halogens is 1. The maximum absolute atomic E-state index is 6.08. The second-order valence-electron chi connectivity index (χ2n) is 5.56. The fraction of sp³-hybridized carbons (Fsp3) is 1.00. The third kappa shape index (κ3) is 2.50. The number of hydrogen-bond acceptors (Lipinski definition) is 1. The standard InChI is InChI=1S/C13H23ClO/c1-13(7-3-2-4-8-13)12-11(10-14)6-5-9-15-12/h11-12H,2-10H2,1H3. The zero-order valence-corrected chi connectivity index (χ0v) is 10.6. The molecule has 2 aliphatic rings. The van der Waals surface area contributed by atoms with Gasteiger partial charge in [-0.05, 0) is 37.0 Å². The van der Waals surface area contributed by atoms with Gasteiger partial charge in [0.05, 0.1) is 6.10 Å². The Labute approximate surface area is 98.5 Å². The third-order valence-corrected chi connectivity index (χ3v) is 4.72. The van der Waals surface area contributed by atoms with E-state index in [1.807, 2.05) is 0 Å². The molecule has 2 atom stereocenters. The average molecular weight is 231 g/mol. The van der Waals surface area contributed by atoms with Gasteiger partial charge in [-0.3, -0.25) is 0 Å². The van der Waals surface area contributed by atoms with Crippen molar-refractivity contribution in [2.24, 2.45) is 11.3 Å². The topological polar surface area (TPSA) is 9.23 Å². The summed E-state index contributed by atoms with van der Waals surface area (Å²) in [7, 11) is 0. The Balaban J connectivity index is 2.04. The minimum Gasteiger partial charge on any atom is -0.377 e. The molecule has 1 nitrogen and oxygen atoms in total. The van der Waals surface area contributed by atoms with Crippen LogP contribution in [0.25, 0.3) is 0 Å². The predicted octanol–water partition coefficient (Wildman–Crippen LogP) is 3.99. The summed E-state index contributed by atoms with van der Waals surface area (Å²) in [6, 6.07) is 0. The molecule has 2 rings (SSSR count). The summed E-state index contributed by atoms with van der Waals surface area (Å²) in [5.41, 5.74) is 0.415. The molecule has 1 aliphatic carbocycles. The number of rotatable bonds is 2. The maximum atomic E-state index is 6.08. The van der Waals surface area contributed by atoms with Gasteiger partial charge in [0.15, 0.2) is 0 Å². The zero-order valence-electron chi connectivity index (χ0n) is 9.80. The van der Waals surface area contributed by atoms with Crippen molar-refractivity contribution in [1.82, 2.24) is 0 Å². The van der Waals surface area contributed by atoms with Crippen LogP contribution in [0.2, 0.25) is 0 Å². The van der Waals surface area contributed by atoms with E-state index in [9.17, 15) is 0 Å². The van der Waals surface area contributed by atoms with Crippen LogP contribution in [0.4, 0.5) is 0 Å². The van der Waals surface area contributed by atoms with E-state index in [0.717, 1.165) is 12.5 Å². The second kappa shape index (κ2) is 5.05. The highest BCUT2D eigenvalue weighted by molar-refractivity contribution is 6.18. The molecule has 2 unspecified atom stereocenters. The monoisotopic (exact) mass is 230 g/mol. The highest BCUT2D eigenvalue weighted by Gasteiger charge is 2.41. The quantitative estimate of drug-likeness (QED) is 0.652. The molecular formula is C13H23ClO. The first-order valence-electron chi connectivity index (χ1n) is 6.44. The van der Waals surface area contributed by atoms with Gasteiger partial charge in [0, 0.05) is 12.5 Å². The minimum atomic E-state index is 0.415. The first-order chi connectivity index (χ1) is 7.26. The SMILES string of the molecule is CC1(C2OCCCC2CCl)CCCCC1. The molecule has 0 aromatic heterocycles. The number of hydrogen-bond donors (Lipinski definition) is 0. The Morgan fingerprint density at radius 2 is 1.93 bits per heavy atom. The molecule has 15 heavy (non-hydrogen) atoms. The highest BCUT2D eigenvalue weighted by Crippen LogP contribution is 2.45. The predicted molar refractivity (Wildman–Crippen MR) is 64.4 cm³/mol. The molecule has 0 aromatic carbocycles. The summed E-state index contributed by atoms with van der Waals surface area (Å²) in [5.74, 6) is 1.38. The van der Waals surface area contributed by atoms with Crippen LogP contribution in [0, 0.1) is 11.3 Å². The van der Waals surface area contributed by atoms with Crippen molar-refractivity contribution in [1.29, 1.82) is 0 Å². The smallest absolute Gasteiger partial charge is 0.0668 e. The summed E-state index contributed by atoms with van der Waals surface area (Å²) < 4.78 is 6.04. The van der Waals surface area contributed by atoms with Gasteiger partial charge < -0.3 is 4.74 Å². The zero-order chi connectivity index (χ0) is 10.7. The summed E-state index contributed by atoms with van der Waals surface area (Å²) in [6.45, 7) is 3.37. The molecule has 0 radical (unpaired) electrons. The fourth-order valence-corrected chi connectivity index (χ4v) is 3.73. The summed E-state index contributed by atoms with van der Waals surface area (Å²) >= 11 is 6.08. The molecule has 1 saturated carbocycles. The summed E-state index contributed by atoms with van der Waals surface area (Å²) in [4.78, 5) is 0. The number of ether oxygens (including phenoxy) is 1. The van der Waals surface area contributed by atoms with E-state index < -0.39 is 0 Å². The fourth-order valence-electron chi connectivity index (χ4n) is 3.42. The van der Waals surface area contributed by atoms with Gasteiger partial charge in [-0.25, -0.2) is 0 Å². The molecule has 1 saturated heterocycles. The lowest BCUT2D eigenvalue weighted by Crippen LogP contribution is -2.44. The van der Waals surface area contributed by atoms with E-state index >= 15 is 0 Å². The van der Waals surface area contributed by atoms with Crippen LogP contribution in [-0.2, 0) is 4.74 Å². The van der Waals surface area contributed by atoms with E-state index in [4.69, 9.17) is 16.3 Å². The van der Waals surface area contributed by atoms with Crippen LogP contribution in [-0.4, -0.2) is 18.6 Å². The largest absolute Gasteiger partial charge is 0.377 e. The molecule has 1 heterocycles. The average Bonchev–Trinajstić information content (AvgIpc) is 2.30. The Kier molecular flexibility index (Phi) is 3.95. The first-order valence-corrected chi connectivity index (χ1v) is 6.97. The van der Waals surface area contributed by atoms with E-state index in [2.05, 4.69) is 6.92 Å². The van der Waals surface area contributed by atoms with Gasteiger partial charge in [-0.15, -0.1) is 11.6 Å². The number of alkyl halides is 1. The molecule has 0 amide bonds. The first kappa shape index (κ1) is 11.7. The molecule has 2 fully saturated rings. The lowest BCUT2D eigenvalue weighted by molar-refractivity contribution is -0.104. The van der Waals surface area contributed by atoms with Crippen molar-refractivity contribution in [3.05, 3.63) is 0 Å². The van der Waals surface area contributed by atoms with Crippen molar-refractivity contribution in [3.8, 4) is 0 Å². The van der Waals surface area contributed by atoms with Crippen molar-refractivity contribution in [2.75, 3.05) is 12.5 Å². The van der Waals surface area contributed by atoms with Crippen molar-refractivity contribution in [3.63, 3.8) is 0 Å². The van der Waals surface area contributed by atoms with Gasteiger partial charge in [0.25, 0.3) is 0 Å². The molecule has 0 N–H and O–H groups in total. The molecule has 0 aromatic rings. The lowest BCUT2D eigenvalue weighted by atomic mass is 9.67. The Hall–Kier alpha value is 0.250. The van der Waals surface area contributed by atoms with Gasteiger partial charge in [-0.1, -0.05) is 26.2 Å². The highest BCUT2D eigenvalue weighted by atomic mass is 35.5. The molecular weight excluding hydrogens is 208 g/mol. The maximum Gasteiger partial charge on any atom is 0.0668 e. The Bertz CT molecular complexity index is 199. The van der Waals surface area contributed by atoms with Crippen molar-refractivity contribution in [2.45, 2.75) is 58.0 Å². The van der Waals surface area contributed by atoms with E-state index in [1.165, 1.54) is 44.9 Å². The van der Waals surface area contributed by atoms with Crippen molar-refractivity contribution < 1.29 is 4.74 Å². The van der Waals surface area contributed by atoms with Crippen LogP contribution in [0.15, 0.2) is 0 Å². The summed E-state index contributed by atoms with van der Waals surface area (Å²) in [6.07, 6.45) is 9.75. The van der Waals surface area contributed by atoms with Gasteiger partial charge >= 0.3 is 0 Å². The summed E-state index contributed by atoms with van der Waals surface area (Å²) in [5, 5.41) is 0. The van der Waals surface area contributed by atoms with Crippen LogP contribution >= 0.6 is 11.6 Å². The Morgan fingerprint density at radius 3 is 2.60 bits per heavy atom. The van der Waals surface area contributed by atoms with Crippen LogP contribution in [0.1, 0.15) is 51.9 Å². The van der Waals surface area contributed by atoms with E-state index in [-0.39, 0.29) is 0 Å². The van der Waals surface area contributed by atoms with Crippen LogP contribution in [0.5, 0.6) is 0 Å². The van der Waals surface area contributed by atoms with Gasteiger partial charge in [0.1, 0.15) is 0 Å². The van der Waals surface area contributed by atoms with E-state index in [1.54, 1.807) is 0 Å². The lowest BCUT2D eigenvalue weighted by Gasteiger charge is -2.45. The van der Waals surface area contributed by atoms with Gasteiger partial charge in [0.2, 0.25) is 0 Å². The minimum absolute atomic E-state index is 0.415. The molecule has 0 bridgehead atoms. The van der Waals surface area contributed by atoms with E-state index in [0.29, 0.717) is 17.4 Å². The third-order valence-electron chi connectivity index (χ3n) is 4.33. The van der Waals surface area contributed by atoms with Crippen LogP contribution < -0.4 is 0 Å². The molecule has 88 valence electrons. The van der Waals surface area contributed by atoms with Crippen molar-refractivity contribution >= 4 is 11.6 Å². The van der Waals surface area contributed by atoms with Gasteiger partial charge in [-0.2, -0.15) is 0 Å². The van der Waals surface area contributed by atoms with Crippen LogP contribution in [0.3, 0.4) is 0 Å². The normalized spacial score (nSPS) is 36.4. The second-order valence-corrected chi connectivity index (χ2v) is 5.87. The molecule has 2 heteroatoms. The molecule has 1 aliphatic heterocycles. The molecule has 0 spiro atoms. The Morgan fingerprint density at radius 1 is 1.20 bits per heavy atom.